The zero-order valence-electron chi connectivity index (χ0n) is 17.7. The number of para-hydroxylation sites is 1. The number of halogens is 1. The van der Waals surface area contributed by atoms with E-state index in [1.807, 2.05) is 48.5 Å². The molecule has 0 radical (unpaired) electrons. The lowest BCUT2D eigenvalue weighted by atomic mass is 10.0. The SMILES string of the molecule is COc1cccc(CN2C(=O)[C@@]3(SCC(=O)N3c3ccc(C)c(F)c3)c3ccccc32)c1. The normalized spacial score (nSPS) is 19.7. The van der Waals surface area contributed by atoms with E-state index in [2.05, 4.69) is 0 Å². The molecule has 162 valence electrons. The van der Waals surface area contributed by atoms with E-state index in [9.17, 15) is 14.0 Å². The van der Waals surface area contributed by atoms with E-state index < -0.39 is 10.7 Å². The summed E-state index contributed by atoms with van der Waals surface area (Å²) in [4.78, 5) is 29.0. The minimum absolute atomic E-state index is 0.141. The molecule has 2 heterocycles. The summed E-state index contributed by atoms with van der Waals surface area (Å²) < 4.78 is 19.7. The van der Waals surface area contributed by atoms with Gasteiger partial charge in [0.15, 0.2) is 0 Å². The smallest absolute Gasteiger partial charge is 0.269 e. The van der Waals surface area contributed by atoms with Gasteiger partial charge in [-0.05, 0) is 48.4 Å². The molecule has 0 aliphatic carbocycles. The summed E-state index contributed by atoms with van der Waals surface area (Å²) in [5.41, 5.74) is 3.27. The number of thioether (sulfide) groups is 1. The second-order valence-corrected chi connectivity index (χ2v) is 9.02. The van der Waals surface area contributed by atoms with Gasteiger partial charge in [-0.1, -0.05) is 36.4 Å². The Morgan fingerprint density at radius 1 is 1.06 bits per heavy atom. The number of benzene rings is 3. The largest absolute Gasteiger partial charge is 0.497 e. The maximum absolute atomic E-state index is 14.4. The Kier molecular flexibility index (Phi) is 4.93. The fourth-order valence-electron chi connectivity index (χ4n) is 4.39. The summed E-state index contributed by atoms with van der Waals surface area (Å²) in [5, 5.41) is 0. The van der Waals surface area contributed by atoms with E-state index in [1.54, 1.807) is 31.1 Å². The number of amides is 2. The fourth-order valence-corrected chi connectivity index (χ4v) is 5.75. The first-order valence-corrected chi connectivity index (χ1v) is 11.2. The van der Waals surface area contributed by atoms with Gasteiger partial charge < -0.3 is 9.64 Å². The van der Waals surface area contributed by atoms with Crippen molar-refractivity contribution in [1.82, 2.24) is 0 Å². The van der Waals surface area contributed by atoms with Crippen molar-refractivity contribution >= 4 is 35.0 Å². The highest BCUT2D eigenvalue weighted by Gasteiger charge is 2.60. The summed E-state index contributed by atoms with van der Waals surface area (Å²) in [7, 11) is 1.60. The number of hydrogen-bond acceptors (Lipinski definition) is 4. The van der Waals surface area contributed by atoms with E-state index in [-0.39, 0.29) is 17.6 Å². The standard InChI is InChI=1S/C25H21FN2O3S/c1-16-10-11-18(13-21(16)26)28-23(29)15-32-25(28)20-8-3-4-9-22(20)27(24(25)30)14-17-6-5-7-19(12-17)31-2/h3-13H,14-15H2,1-2H3/t25-/m0/s1. The van der Waals surface area contributed by atoms with Crippen LogP contribution in [-0.2, 0) is 21.0 Å². The van der Waals surface area contributed by atoms with Crippen molar-refractivity contribution in [3.8, 4) is 5.75 Å². The number of carbonyl (C=O) groups excluding carboxylic acids is 2. The van der Waals surface area contributed by atoms with E-state index >= 15 is 0 Å². The molecule has 2 aliphatic heterocycles. The Balaban J connectivity index is 1.63. The van der Waals surface area contributed by atoms with Crippen LogP contribution in [0.3, 0.4) is 0 Å². The van der Waals surface area contributed by atoms with Crippen molar-refractivity contribution in [2.45, 2.75) is 18.3 Å². The number of hydrogen-bond donors (Lipinski definition) is 0. The Morgan fingerprint density at radius 2 is 1.88 bits per heavy atom. The molecule has 0 aromatic heterocycles. The predicted molar refractivity (Wildman–Crippen MR) is 123 cm³/mol. The van der Waals surface area contributed by atoms with Crippen molar-refractivity contribution in [3.63, 3.8) is 0 Å². The van der Waals surface area contributed by atoms with Crippen LogP contribution in [-0.4, -0.2) is 24.7 Å². The molecule has 0 saturated carbocycles. The maximum Gasteiger partial charge on any atom is 0.269 e. The van der Waals surface area contributed by atoms with Crippen LogP contribution in [0.2, 0.25) is 0 Å². The third-order valence-electron chi connectivity index (χ3n) is 5.95. The number of rotatable bonds is 4. The molecule has 3 aromatic carbocycles. The number of fused-ring (bicyclic) bond motifs is 2. The number of methoxy groups -OCH3 is 1. The highest BCUT2D eigenvalue weighted by molar-refractivity contribution is 8.02. The zero-order chi connectivity index (χ0) is 22.5. The quantitative estimate of drug-likeness (QED) is 0.584. The molecule has 1 fully saturated rings. The van der Waals surface area contributed by atoms with E-state index in [4.69, 9.17) is 4.74 Å². The Hall–Kier alpha value is -3.32. The molecule has 5 rings (SSSR count). The van der Waals surface area contributed by atoms with Crippen LogP contribution < -0.4 is 14.5 Å². The van der Waals surface area contributed by atoms with Crippen LogP contribution in [0, 0.1) is 12.7 Å². The van der Waals surface area contributed by atoms with E-state index in [0.29, 0.717) is 23.5 Å². The highest BCUT2D eigenvalue weighted by atomic mass is 32.2. The first kappa shape index (κ1) is 20.6. The minimum atomic E-state index is -1.26. The van der Waals surface area contributed by atoms with Crippen LogP contribution >= 0.6 is 11.8 Å². The maximum atomic E-state index is 14.4. The third kappa shape index (κ3) is 2.99. The molecule has 2 aliphatic rings. The molecule has 0 unspecified atom stereocenters. The van der Waals surface area contributed by atoms with Gasteiger partial charge in [-0.3, -0.25) is 14.5 Å². The number of nitrogens with zero attached hydrogens (tertiary/aromatic N) is 2. The monoisotopic (exact) mass is 448 g/mol. The lowest BCUT2D eigenvalue weighted by molar-refractivity contribution is -0.123. The third-order valence-corrected chi connectivity index (χ3v) is 7.34. The number of aryl methyl sites for hydroxylation is 1. The van der Waals surface area contributed by atoms with Crippen LogP contribution in [0.5, 0.6) is 5.75 Å². The average Bonchev–Trinajstić information content (AvgIpc) is 3.27. The highest BCUT2D eigenvalue weighted by Crippen LogP contribution is 2.56. The lowest BCUT2D eigenvalue weighted by Gasteiger charge is -2.33. The number of ether oxygens (including phenoxy) is 1. The summed E-state index contributed by atoms with van der Waals surface area (Å²) >= 11 is 1.28. The van der Waals surface area contributed by atoms with Gasteiger partial charge in [0.25, 0.3) is 5.91 Å². The van der Waals surface area contributed by atoms with Crippen LogP contribution in [0.15, 0.2) is 66.7 Å². The predicted octanol–water partition coefficient (Wildman–Crippen LogP) is 4.62. The van der Waals surface area contributed by atoms with Crippen LogP contribution in [0.25, 0.3) is 0 Å². The molecule has 5 nitrogen and oxygen atoms in total. The lowest BCUT2D eigenvalue weighted by Crippen LogP contribution is -2.49. The second kappa shape index (κ2) is 7.67. The molecule has 3 aromatic rings. The number of anilines is 2. The molecule has 2 amide bonds. The van der Waals surface area contributed by atoms with Crippen molar-refractivity contribution in [2.24, 2.45) is 0 Å². The van der Waals surface area contributed by atoms with Gasteiger partial charge in [-0.2, -0.15) is 0 Å². The van der Waals surface area contributed by atoms with E-state index in [0.717, 1.165) is 16.8 Å². The van der Waals surface area contributed by atoms with Gasteiger partial charge in [-0.25, -0.2) is 4.39 Å². The average molecular weight is 449 g/mol. The van der Waals surface area contributed by atoms with E-state index in [1.165, 1.54) is 22.7 Å². The number of carbonyl (C=O) groups is 2. The summed E-state index contributed by atoms with van der Waals surface area (Å²) in [6.45, 7) is 2.00. The molecule has 1 saturated heterocycles. The second-order valence-electron chi connectivity index (χ2n) is 7.86. The first-order chi connectivity index (χ1) is 15.5. The summed E-state index contributed by atoms with van der Waals surface area (Å²) in [6, 6.07) is 19.7. The Bertz CT molecular complexity index is 1250. The summed E-state index contributed by atoms with van der Waals surface area (Å²) in [6.07, 6.45) is 0. The molecule has 7 heteroatoms. The van der Waals surface area contributed by atoms with Gasteiger partial charge >= 0.3 is 0 Å². The Labute approximate surface area is 189 Å². The van der Waals surface area contributed by atoms with Gasteiger partial charge in [-0.15, -0.1) is 11.8 Å². The van der Waals surface area contributed by atoms with Crippen molar-refractivity contribution in [1.29, 1.82) is 0 Å². The Morgan fingerprint density at radius 3 is 2.66 bits per heavy atom. The first-order valence-electron chi connectivity index (χ1n) is 10.2. The topological polar surface area (TPSA) is 49.9 Å². The van der Waals surface area contributed by atoms with Gasteiger partial charge in [0.1, 0.15) is 11.6 Å². The van der Waals surface area contributed by atoms with Gasteiger partial charge in [0, 0.05) is 11.3 Å². The molecule has 32 heavy (non-hydrogen) atoms. The molecular weight excluding hydrogens is 427 g/mol. The van der Waals surface area contributed by atoms with Crippen molar-refractivity contribution in [3.05, 3.63) is 89.2 Å². The van der Waals surface area contributed by atoms with Crippen molar-refractivity contribution in [2.75, 3.05) is 22.7 Å². The molecule has 0 bridgehead atoms. The van der Waals surface area contributed by atoms with Gasteiger partial charge in [0.05, 0.1) is 25.1 Å². The molecular formula is C25H21FN2O3S. The summed E-state index contributed by atoms with van der Waals surface area (Å²) in [5.74, 6) is 0.0133. The van der Waals surface area contributed by atoms with Gasteiger partial charge in [0.2, 0.25) is 10.8 Å². The van der Waals surface area contributed by atoms with Crippen molar-refractivity contribution < 1.29 is 18.7 Å². The van der Waals surface area contributed by atoms with Crippen LogP contribution in [0.1, 0.15) is 16.7 Å². The van der Waals surface area contributed by atoms with Crippen LogP contribution in [0.4, 0.5) is 15.8 Å². The zero-order valence-corrected chi connectivity index (χ0v) is 18.5. The molecule has 1 spiro atoms. The fraction of sp³-hybridized carbons (Fsp3) is 0.200. The molecule has 0 N–H and O–H groups in total. The molecule has 1 atom stereocenters. The minimum Gasteiger partial charge on any atom is -0.497 e.